The van der Waals surface area contributed by atoms with Crippen molar-refractivity contribution in [2.75, 3.05) is 0 Å². The molecule has 4 nitrogen and oxygen atoms in total. The van der Waals surface area contributed by atoms with E-state index in [0.29, 0.717) is 5.75 Å². The third-order valence-electron chi connectivity index (χ3n) is 3.12. The van der Waals surface area contributed by atoms with E-state index in [4.69, 9.17) is 21.1 Å². The first-order valence-corrected chi connectivity index (χ1v) is 8.03. The van der Waals surface area contributed by atoms with E-state index in [0.717, 1.165) is 18.9 Å². The number of esters is 2. The second-order valence-electron chi connectivity index (χ2n) is 5.10. The molecule has 0 spiro atoms. The largest absolute Gasteiger partial charge is 0.423 e. The maximum atomic E-state index is 13.3. The van der Waals surface area contributed by atoms with Gasteiger partial charge in [0.2, 0.25) is 0 Å². The van der Waals surface area contributed by atoms with Crippen molar-refractivity contribution in [3.05, 3.63) is 71.0 Å². The molecule has 0 saturated heterocycles. The first-order chi connectivity index (χ1) is 12.0. The standard InChI is InChI=1S/C19H16ClFO4/c1-2-3-4-5-18(22)24-14-8-6-13(7-9-14)19(23)25-15-10-11-16(20)17(21)12-15/h4-12H,2-3H2,1H3. The molecule has 0 aliphatic rings. The van der Waals surface area contributed by atoms with Gasteiger partial charge >= 0.3 is 11.9 Å². The van der Waals surface area contributed by atoms with Gasteiger partial charge in [0.15, 0.2) is 0 Å². The van der Waals surface area contributed by atoms with E-state index in [1.807, 2.05) is 6.92 Å². The van der Waals surface area contributed by atoms with Crippen LogP contribution in [0.2, 0.25) is 5.02 Å². The Balaban J connectivity index is 1.97. The van der Waals surface area contributed by atoms with E-state index in [1.54, 1.807) is 6.08 Å². The number of hydrogen-bond acceptors (Lipinski definition) is 4. The maximum absolute atomic E-state index is 13.3. The maximum Gasteiger partial charge on any atom is 0.343 e. The molecule has 2 rings (SSSR count). The number of ether oxygens (including phenoxy) is 2. The summed E-state index contributed by atoms with van der Waals surface area (Å²) in [6, 6.07) is 9.57. The smallest absolute Gasteiger partial charge is 0.343 e. The molecule has 0 aliphatic carbocycles. The Morgan fingerprint density at radius 2 is 1.76 bits per heavy atom. The van der Waals surface area contributed by atoms with Crippen molar-refractivity contribution in [1.29, 1.82) is 0 Å². The Labute approximate surface area is 149 Å². The minimum Gasteiger partial charge on any atom is -0.423 e. The van der Waals surface area contributed by atoms with Gasteiger partial charge in [-0.25, -0.2) is 14.0 Å². The summed E-state index contributed by atoms with van der Waals surface area (Å²) in [6.07, 6.45) is 4.84. The molecule has 130 valence electrons. The van der Waals surface area contributed by atoms with Crippen molar-refractivity contribution in [1.82, 2.24) is 0 Å². The first-order valence-electron chi connectivity index (χ1n) is 7.65. The Kier molecular flexibility index (Phi) is 6.71. The molecule has 0 radical (unpaired) electrons. The third kappa shape index (κ3) is 5.72. The summed E-state index contributed by atoms with van der Waals surface area (Å²) in [4.78, 5) is 23.6. The molecule has 0 atom stereocenters. The average molecular weight is 363 g/mol. The van der Waals surface area contributed by atoms with E-state index in [9.17, 15) is 14.0 Å². The topological polar surface area (TPSA) is 52.6 Å². The summed E-state index contributed by atoms with van der Waals surface area (Å²) in [6.45, 7) is 2.01. The van der Waals surface area contributed by atoms with E-state index in [2.05, 4.69) is 0 Å². The normalized spacial score (nSPS) is 10.7. The van der Waals surface area contributed by atoms with Crippen LogP contribution < -0.4 is 9.47 Å². The second-order valence-corrected chi connectivity index (χ2v) is 5.51. The average Bonchev–Trinajstić information content (AvgIpc) is 2.59. The van der Waals surface area contributed by atoms with Gasteiger partial charge in [-0.3, -0.25) is 0 Å². The fourth-order valence-electron chi connectivity index (χ4n) is 1.86. The van der Waals surface area contributed by atoms with Crippen LogP contribution in [0.1, 0.15) is 30.1 Å². The quantitative estimate of drug-likeness (QED) is 0.414. The predicted molar refractivity (Wildman–Crippen MR) is 92.5 cm³/mol. The number of halogens is 2. The Bertz CT molecular complexity index is 785. The number of carbonyl (C=O) groups is 2. The number of hydrogen-bond donors (Lipinski definition) is 0. The van der Waals surface area contributed by atoms with Crippen LogP contribution in [0.15, 0.2) is 54.6 Å². The number of rotatable bonds is 6. The van der Waals surface area contributed by atoms with Crippen molar-refractivity contribution in [3.8, 4) is 11.5 Å². The predicted octanol–water partition coefficient (Wildman–Crippen LogP) is 4.96. The fourth-order valence-corrected chi connectivity index (χ4v) is 1.98. The van der Waals surface area contributed by atoms with Crippen LogP contribution in [0.5, 0.6) is 11.5 Å². The first kappa shape index (κ1) is 18.7. The summed E-state index contributed by atoms with van der Waals surface area (Å²) in [5, 5.41) is -0.0565. The van der Waals surface area contributed by atoms with Crippen molar-refractivity contribution in [3.63, 3.8) is 0 Å². The van der Waals surface area contributed by atoms with Crippen molar-refractivity contribution in [2.24, 2.45) is 0 Å². The van der Waals surface area contributed by atoms with Crippen molar-refractivity contribution in [2.45, 2.75) is 19.8 Å². The highest BCUT2D eigenvalue weighted by atomic mass is 35.5. The lowest BCUT2D eigenvalue weighted by atomic mass is 10.2. The van der Waals surface area contributed by atoms with Gasteiger partial charge in [-0.15, -0.1) is 0 Å². The molecular weight excluding hydrogens is 347 g/mol. The van der Waals surface area contributed by atoms with Crippen molar-refractivity contribution >= 4 is 23.5 Å². The van der Waals surface area contributed by atoms with Gasteiger partial charge in [-0.2, -0.15) is 0 Å². The third-order valence-corrected chi connectivity index (χ3v) is 3.43. The minimum absolute atomic E-state index is 0.0449. The van der Waals surface area contributed by atoms with E-state index in [1.165, 1.54) is 42.5 Å². The lowest BCUT2D eigenvalue weighted by Crippen LogP contribution is -2.09. The summed E-state index contributed by atoms with van der Waals surface area (Å²) >= 11 is 5.57. The van der Waals surface area contributed by atoms with Crippen LogP contribution in [0.4, 0.5) is 4.39 Å². The van der Waals surface area contributed by atoms with Crippen LogP contribution in [0.25, 0.3) is 0 Å². The molecule has 0 bridgehead atoms. The molecule has 0 fully saturated rings. The highest BCUT2D eigenvalue weighted by molar-refractivity contribution is 6.30. The lowest BCUT2D eigenvalue weighted by Gasteiger charge is -2.06. The van der Waals surface area contributed by atoms with Crippen molar-refractivity contribution < 1.29 is 23.5 Å². The molecular formula is C19H16ClFO4. The van der Waals surface area contributed by atoms with Gasteiger partial charge in [0.25, 0.3) is 0 Å². The van der Waals surface area contributed by atoms with Crippen LogP contribution in [0.3, 0.4) is 0 Å². The monoisotopic (exact) mass is 362 g/mol. The molecule has 2 aromatic carbocycles. The van der Waals surface area contributed by atoms with Gasteiger partial charge in [0.05, 0.1) is 10.6 Å². The zero-order valence-electron chi connectivity index (χ0n) is 13.5. The van der Waals surface area contributed by atoms with Crippen LogP contribution in [-0.4, -0.2) is 11.9 Å². The van der Waals surface area contributed by atoms with Crippen LogP contribution in [-0.2, 0) is 4.79 Å². The molecule has 2 aromatic rings. The Morgan fingerprint density at radius 1 is 1.08 bits per heavy atom. The number of unbranched alkanes of at least 4 members (excludes halogenated alkanes) is 1. The molecule has 0 heterocycles. The van der Waals surface area contributed by atoms with E-state index in [-0.39, 0.29) is 16.3 Å². The molecule has 0 aliphatic heterocycles. The summed E-state index contributed by atoms with van der Waals surface area (Å²) in [5.74, 6) is -1.48. The number of benzene rings is 2. The SMILES string of the molecule is CCCC=CC(=O)Oc1ccc(C(=O)Oc2ccc(Cl)c(F)c2)cc1. The lowest BCUT2D eigenvalue weighted by molar-refractivity contribution is -0.129. The van der Waals surface area contributed by atoms with E-state index >= 15 is 0 Å². The second kappa shape index (κ2) is 8.99. The number of carbonyl (C=O) groups excluding carboxylic acids is 2. The summed E-state index contributed by atoms with van der Waals surface area (Å²) in [5.41, 5.74) is 0.233. The Morgan fingerprint density at radius 3 is 2.40 bits per heavy atom. The van der Waals surface area contributed by atoms with Gasteiger partial charge in [0, 0.05) is 12.1 Å². The van der Waals surface area contributed by atoms with E-state index < -0.39 is 17.8 Å². The van der Waals surface area contributed by atoms with Crippen LogP contribution in [0, 0.1) is 5.82 Å². The fraction of sp³-hybridized carbons (Fsp3) is 0.158. The molecule has 6 heteroatoms. The van der Waals surface area contributed by atoms with Gasteiger partial charge < -0.3 is 9.47 Å². The summed E-state index contributed by atoms with van der Waals surface area (Å²) < 4.78 is 23.5. The number of allylic oxidation sites excluding steroid dienone is 1. The minimum atomic E-state index is -0.676. The van der Waals surface area contributed by atoms with Gasteiger partial charge in [-0.1, -0.05) is 31.0 Å². The van der Waals surface area contributed by atoms with Gasteiger partial charge in [-0.05, 0) is 42.8 Å². The highest BCUT2D eigenvalue weighted by Gasteiger charge is 2.11. The molecule has 25 heavy (non-hydrogen) atoms. The molecule has 0 aromatic heterocycles. The zero-order chi connectivity index (χ0) is 18.2. The highest BCUT2D eigenvalue weighted by Crippen LogP contribution is 2.21. The summed E-state index contributed by atoms with van der Waals surface area (Å²) in [7, 11) is 0. The molecule has 0 unspecified atom stereocenters. The van der Waals surface area contributed by atoms with Gasteiger partial charge in [0.1, 0.15) is 17.3 Å². The molecule has 0 N–H and O–H groups in total. The molecule has 0 saturated carbocycles. The Hall–Kier alpha value is -2.66. The van der Waals surface area contributed by atoms with Crippen LogP contribution >= 0.6 is 11.6 Å². The molecule has 0 amide bonds. The zero-order valence-corrected chi connectivity index (χ0v) is 14.3.